The summed E-state index contributed by atoms with van der Waals surface area (Å²) >= 11 is 0. The van der Waals surface area contributed by atoms with Gasteiger partial charge in [0.1, 0.15) is 11.5 Å². The summed E-state index contributed by atoms with van der Waals surface area (Å²) in [5.74, 6) is 1.32. The van der Waals surface area contributed by atoms with Crippen LogP contribution >= 0.6 is 0 Å². The monoisotopic (exact) mass is 243 g/mol. The Balaban J connectivity index is 1.75. The van der Waals surface area contributed by atoms with Crippen LogP contribution in [0.25, 0.3) is 0 Å². The number of phenols is 1. The molecule has 0 fully saturated rings. The molecule has 1 heterocycles. The number of benzene rings is 1. The van der Waals surface area contributed by atoms with Crippen LogP contribution in [0.15, 0.2) is 41.0 Å². The van der Waals surface area contributed by atoms with E-state index in [-0.39, 0.29) is 0 Å². The Morgan fingerprint density at radius 3 is 3.11 bits per heavy atom. The SMILES string of the molecule is Oc1ccc2c(c1)CCCC2NCc1ccco1. The van der Waals surface area contributed by atoms with Crippen LogP contribution in [-0.2, 0) is 13.0 Å². The Labute approximate surface area is 106 Å². The predicted molar refractivity (Wildman–Crippen MR) is 69.3 cm³/mol. The fraction of sp³-hybridized carbons (Fsp3) is 0.333. The minimum Gasteiger partial charge on any atom is -0.508 e. The second-order valence-corrected chi connectivity index (χ2v) is 4.79. The van der Waals surface area contributed by atoms with E-state index in [1.165, 1.54) is 11.1 Å². The van der Waals surface area contributed by atoms with Crippen LogP contribution in [-0.4, -0.2) is 5.11 Å². The number of rotatable bonds is 3. The highest BCUT2D eigenvalue weighted by atomic mass is 16.3. The van der Waals surface area contributed by atoms with Crippen molar-refractivity contribution >= 4 is 0 Å². The number of aryl methyl sites for hydroxylation is 1. The van der Waals surface area contributed by atoms with E-state index in [1.807, 2.05) is 24.3 Å². The minimum absolute atomic E-state index is 0.361. The molecule has 0 aliphatic heterocycles. The van der Waals surface area contributed by atoms with Gasteiger partial charge in [-0.2, -0.15) is 0 Å². The van der Waals surface area contributed by atoms with Crippen LogP contribution in [0.4, 0.5) is 0 Å². The first-order valence-electron chi connectivity index (χ1n) is 6.40. The highest BCUT2D eigenvalue weighted by Gasteiger charge is 2.20. The molecule has 0 saturated carbocycles. The van der Waals surface area contributed by atoms with Gasteiger partial charge in [0.15, 0.2) is 0 Å². The molecule has 1 aromatic heterocycles. The number of furan rings is 1. The third kappa shape index (κ3) is 2.27. The quantitative estimate of drug-likeness (QED) is 0.870. The molecule has 1 aliphatic carbocycles. The number of fused-ring (bicyclic) bond motifs is 1. The van der Waals surface area contributed by atoms with Gasteiger partial charge in [0.2, 0.25) is 0 Å². The van der Waals surface area contributed by atoms with Crippen molar-refractivity contribution in [1.29, 1.82) is 0 Å². The summed E-state index contributed by atoms with van der Waals surface area (Å²) in [6.07, 6.45) is 5.05. The smallest absolute Gasteiger partial charge is 0.117 e. The summed E-state index contributed by atoms with van der Waals surface area (Å²) in [5, 5.41) is 13.0. The van der Waals surface area contributed by atoms with Gasteiger partial charge in [-0.25, -0.2) is 0 Å². The van der Waals surface area contributed by atoms with Crippen LogP contribution < -0.4 is 5.32 Å². The first-order valence-corrected chi connectivity index (χ1v) is 6.40. The van der Waals surface area contributed by atoms with Crippen molar-refractivity contribution in [2.24, 2.45) is 0 Å². The maximum atomic E-state index is 9.52. The molecule has 1 unspecified atom stereocenters. The standard InChI is InChI=1S/C15H17NO2/c17-12-6-7-14-11(9-12)3-1-5-15(14)16-10-13-4-2-8-18-13/h2,4,6-9,15-17H,1,3,5,10H2. The average molecular weight is 243 g/mol. The van der Waals surface area contributed by atoms with Crippen molar-refractivity contribution in [2.45, 2.75) is 31.8 Å². The van der Waals surface area contributed by atoms with Gasteiger partial charge in [-0.05, 0) is 54.7 Å². The molecule has 0 spiro atoms. The number of nitrogens with one attached hydrogen (secondary N) is 1. The van der Waals surface area contributed by atoms with Crippen LogP contribution in [0.2, 0.25) is 0 Å². The fourth-order valence-corrected chi connectivity index (χ4v) is 2.65. The third-order valence-corrected chi connectivity index (χ3v) is 3.54. The van der Waals surface area contributed by atoms with E-state index in [0.717, 1.165) is 31.6 Å². The maximum Gasteiger partial charge on any atom is 0.117 e. The molecule has 0 saturated heterocycles. The van der Waals surface area contributed by atoms with Gasteiger partial charge in [-0.3, -0.25) is 0 Å². The van der Waals surface area contributed by atoms with Gasteiger partial charge >= 0.3 is 0 Å². The highest BCUT2D eigenvalue weighted by Crippen LogP contribution is 2.32. The predicted octanol–water partition coefficient (Wildman–Crippen LogP) is 3.15. The Bertz CT molecular complexity index is 519. The van der Waals surface area contributed by atoms with Crippen molar-refractivity contribution in [3.05, 3.63) is 53.5 Å². The molecule has 0 radical (unpaired) electrons. The van der Waals surface area contributed by atoms with Gasteiger partial charge in [0, 0.05) is 6.04 Å². The first kappa shape index (κ1) is 11.4. The molecule has 2 N–H and O–H groups in total. The first-order chi connectivity index (χ1) is 8.83. The van der Waals surface area contributed by atoms with E-state index >= 15 is 0 Å². The Morgan fingerprint density at radius 1 is 1.33 bits per heavy atom. The van der Waals surface area contributed by atoms with Crippen molar-refractivity contribution in [1.82, 2.24) is 5.32 Å². The van der Waals surface area contributed by atoms with Crippen molar-refractivity contribution in [2.75, 3.05) is 0 Å². The molecule has 0 bridgehead atoms. The molecule has 94 valence electrons. The van der Waals surface area contributed by atoms with E-state index in [2.05, 4.69) is 5.32 Å². The number of aromatic hydroxyl groups is 1. The van der Waals surface area contributed by atoms with Gasteiger partial charge in [-0.15, -0.1) is 0 Å². The molecule has 2 aromatic rings. The Morgan fingerprint density at radius 2 is 2.28 bits per heavy atom. The molecule has 0 amide bonds. The summed E-state index contributed by atoms with van der Waals surface area (Å²) in [5.41, 5.74) is 2.57. The zero-order chi connectivity index (χ0) is 12.4. The highest BCUT2D eigenvalue weighted by molar-refractivity contribution is 5.38. The van der Waals surface area contributed by atoms with Crippen molar-refractivity contribution < 1.29 is 9.52 Å². The van der Waals surface area contributed by atoms with E-state index in [9.17, 15) is 5.11 Å². The van der Waals surface area contributed by atoms with Crippen LogP contribution in [0.3, 0.4) is 0 Å². The second-order valence-electron chi connectivity index (χ2n) is 4.79. The van der Waals surface area contributed by atoms with E-state index < -0.39 is 0 Å². The van der Waals surface area contributed by atoms with Crippen LogP contribution in [0, 0.1) is 0 Å². The Hall–Kier alpha value is -1.74. The zero-order valence-corrected chi connectivity index (χ0v) is 10.2. The largest absolute Gasteiger partial charge is 0.508 e. The number of hydrogen-bond donors (Lipinski definition) is 2. The molecule has 18 heavy (non-hydrogen) atoms. The third-order valence-electron chi connectivity index (χ3n) is 3.54. The number of phenolic OH excluding ortho intramolecular Hbond substituents is 1. The molecule has 3 nitrogen and oxygen atoms in total. The summed E-state index contributed by atoms with van der Waals surface area (Å²) in [7, 11) is 0. The molecule has 1 aromatic carbocycles. The average Bonchev–Trinajstić information content (AvgIpc) is 2.89. The van der Waals surface area contributed by atoms with Gasteiger partial charge in [-0.1, -0.05) is 6.07 Å². The van der Waals surface area contributed by atoms with E-state index in [0.29, 0.717) is 11.8 Å². The fourth-order valence-electron chi connectivity index (χ4n) is 2.65. The van der Waals surface area contributed by atoms with Gasteiger partial charge < -0.3 is 14.8 Å². The normalized spacial score (nSPS) is 18.6. The maximum absolute atomic E-state index is 9.52. The van der Waals surface area contributed by atoms with E-state index in [4.69, 9.17) is 4.42 Å². The second kappa shape index (κ2) is 4.86. The summed E-state index contributed by atoms with van der Waals surface area (Å²) in [4.78, 5) is 0. The molecular weight excluding hydrogens is 226 g/mol. The summed E-state index contributed by atoms with van der Waals surface area (Å²) in [6.45, 7) is 0.748. The Kier molecular flexibility index (Phi) is 3.07. The molecule has 1 atom stereocenters. The van der Waals surface area contributed by atoms with Gasteiger partial charge in [0.25, 0.3) is 0 Å². The molecule has 1 aliphatic rings. The van der Waals surface area contributed by atoms with Gasteiger partial charge in [0.05, 0.1) is 12.8 Å². The van der Waals surface area contributed by atoms with Crippen LogP contribution in [0.5, 0.6) is 5.75 Å². The number of hydrogen-bond acceptors (Lipinski definition) is 3. The van der Waals surface area contributed by atoms with Crippen molar-refractivity contribution in [3.63, 3.8) is 0 Å². The lowest BCUT2D eigenvalue weighted by molar-refractivity contribution is 0.415. The lowest BCUT2D eigenvalue weighted by Gasteiger charge is -2.26. The zero-order valence-electron chi connectivity index (χ0n) is 10.2. The molecule has 3 heteroatoms. The molecule has 3 rings (SSSR count). The summed E-state index contributed by atoms with van der Waals surface area (Å²) < 4.78 is 5.33. The van der Waals surface area contributed by atoms with E-state index in [1.54, 1.807) is 12.3 Å². The topological polar surface area (TPSA) is 45.4 Å². The lowest BCUT2D eigenvalue weighted by Crippen LogP contribution is -2.24. The summed E-state index contributed by atoms with van der Waals surface area (Å²) in [6, 6.07) is 9.93. The lowest BCUT2D eigenvalue weighted by atomic mass is 9.87. The molecular formula is C15H17NO2. The van der Waals surface area contributed by atoms with Crippen LogP contribution in [0.1, 0.15) is 35.8 Å². The van der Waals surface area contributed by atoms with Crippen molar-refractivity contribution in [3.8, 4) is 5.75 Å². The minimum atomic E-state index is 0.361.